The van der Waals surface area contributed by atoms with Crippen LogP contribution in [0.3, 0.4) is 0 Å². The lowest BCUT2D eigenvalue weighted by Gasteiger charge is -2.09. The standard InChI is InChI=1S/C12H8Br2N2O3/c13-7-1-2-11(9(14)3-7)19-5-10-8(12(17)18)4-15-6-16-10/h1-4,6H,5H2,(H,17,18). The summed E-state index contributed by atoms with van der Waals surface area (Å²) in [5.41, 5.74) is 0.369. The first-order valence-corrected chi connectivity index (χ1v) is 6.76. The Morgan fingerprint density at radius 3 is 2.84 bits per heavy atom. The molecule has 0 amide bonds. The second-order valence-electron chi connectivity index (χ2n) is 3.55. The van der Waals surface area contributed by atoms with Gasteiger partial charge < -0.3 is 9.84 Å². The molecule has 19 heavy (non-hydrogen) atoms. The van der Waals surface area contributed by atoms with Gasteiger partial charge >= 0.3 is 5.97 Å². The summed E-state index contributed by atoms with van der Waals surface area (Å²) in [5.74, 6) is -0.466. The topological polar surface area (TPSA) is 72.3 Å². The van der Waals surface area contributed by atoms with Crippen molar-refractivity contribution in [3.63, 3.8) is 0 Å². The smallest absolute Gasteiger partial charge is 0.339 e. The Hall–Kier alpha value is -1.47. The molecular formula is C12H8Br2N2O3. The predicted octanol–water partition coefficient (Wildman–Crippen LogP) is 3.28. The van der Waals surface area contributed by atoms with E-state index in [2.05, 4.69) is 41.8 Å². The number of rotatable bonds is 4. The number of carboxylic acids is 1. The second kappa shape index (κ2) is 6.12. The number of carboxylic acid groups (broad SMARTS) is 1. The minimum absolute atomic E-state index is 0.0377. The van der Waals surface area contributed by atoms with Gasteiger partial charge in [-0.3, -0.25) is 0 Å². The summed E-state index contributed by atoms with van der Waals surface area (Å²) in [4.78, 5) is 18.6. The van der Waals surface area contributed by atoms with Crippen molar-refractivity contribution < 1.29 is 14.6 Å². The molecule has 5 nitrogen and oxygen atoms in total. The molecule has 0 saturated carbocycles. The van der Waals surface area contributed by atoms with E-state index in [9.17, 15) is 4.79 Å². The van der Waals surface area contributed by atoms with Crippen molar-refractivity contribution in [1.82, 2.24) is 9.97 Å². The van der Waals surface area contributed by atoms with E-state index in [-0.39, 0.29) is 12.2 Å². The van der Waals surface area contributed by atoms with E-state index in [1.807, 2.05) is 12.1 Å². The van der Waals surface area contributed by atoms with Crippen molar-refractivity contribution in [2.75, 3.05) is 0 Å². The molecule has 2 aromatic rings. The van der Waals surface area contributed by atoms with E-state index in [1.165, 1.54) is 12.5 Å². The summed E-state index contributed by atoms with van der Waals surface area (Å²) < 4.78 is 7.24. The lowest BCUT2D eigenvalue weighted by atomic mass is 10.2. The van der Waals surface area contributed by atoms with Crippen LogP contribution >= 0.6 is 31.9 Å². The molecule has 0 fully saturated rings. The van der Waals surface area contributed by atoms with Gasteiger partial charge in [-0.1, -0.05) is 15.9 Å². The van der Waals surface area contributed by atoms with Gasteiger partial charge in [0.05, 0.1) is 10.2 Å². The zero-order valence-corrected chi connectivity index (χ0v) is 12.7. The summed E-state index contributed by atoms with van der Waals surface area (Å²) in [6, 6.07) is 5.45. The van der Waals surface area contributed by atoms with Gasteiger partial charge in [-0.05, 0) is 34.1 Å². The average molecular weight is 388 g/mol. The maximum atomic E-state index is 11.0. The molecule has 1 N–H and O–H groups in total. The van der Waals surface area contributed by atoms with Crippen LogP contribution in [0.1, 0.15) is 16.1 Å². The highest BCUT2D eigenvalue weighted by atomic mass is 79.9. The van der Waals surface area contributed by atoms with E-state index in [0.29, 0.717) is 11.4 Å². The van der Waals surface area contributed by atoms with Crippen molar-refractivity contribution in [1.29, 1.82) is 0 Å². The molecule has 1 heterocycles. The molecule has 0 spiro atoms. The number of hydrogen-bond acceptors (Lipinski definition) is 4. The van der Waals surface area contributed by atoms with Crippen LogP contribution < -0.4 is 4.74 Å². The fourth-order valence-corrected chi connectivity index (χ4v) is 2.55. The normalized spacial score (nSPS) is 10.2. The van der Waals surface area contributed by atoms with Gasteiger partial charge in [-0.15, -0.1) is 0 Å². The van der Waals surface area contributed by atoms with E-state index in [0.717, 1.165) is 8.95 Å². The molecule has 0 bridgehead atoms. The molecule has 0 radical (unpaired) electrons. The molecule has 0 aliphatic carbocycles. The Kier molecular flexibility index (Phi) is 4.49. The zero-order chi connectivity index (χ0) is 13.8. The lowest BCUT2D eigenvalue weighted by Crippen LogP contribution is -2.08. The third kappa shape index (κ3) is 3.51. The number of nitrogens with zero attached hydrogens (tertiary/aromatic N) is 2. The summed E-state index contributed by atoms with van der Waals surface area (Å²) in [6.07, 6.45) is 2.55. The molecule has 1 aromatic heterocycles. The SMILES string of the molecule is O=C(O)c1cncnc1COc1ccc(Br)cc1Br. The van der Waals surface area contributed by atoms with Gasteiger partial charge in [0.25, 0.3) is 0 Å². The zero-order valence-electron chi connectivity index (χ0n) is 9.51. The number of carbonyl (C=O) groups is 1. The molecule has 7 heteroatoms. The first-order valence-electron chi connectivity index (χ1n) is 5.18. The van der Waals surface area contributed by atoms with Gasteiger partial charge in [0.15, 0.2) is 0 Å². The highest BCUT2D eigenvalue weighted by Gasteiger charge is 2.12. The van der Waals surface area contributed by atoms with Crippen molar-refractivity contribution in [3.8, 4) is 5.75 Å². The van der Waals surface area contributed by atoms with Crippen LogP contribution in [0.25, 0.3) is 0 Å². The van der Waals surface area contributed by atoms with Gasteiger partial charge in [0, 0.05) is 10.7 Å². The minimum Gasteiger partial charge on any atom is -0.486 e. The Balaban J connectivity index is 2.17. The van der Waals surface area contributed by atoms with E-state index in [1.54, 1.807) is 6.07 Å². The first kappa shape index (κ1) is 14.0. The van der Waals surface area contributed by atoms with Crippen molar-refractivity contribution >= 4 is 37.8 Å². The Morgan fingerprint density at radius 2 is 2.16 bits per heavy atom. The molecule has 1 aromatic carbocycles. The molecular weight excluding hydrogens is 380 g/mol. The van der Waals surface area contributed by atoms with E-state index in [4.69, 9.17) is 9.84 Å². The van der Waals surface area contributed by atoms with Crippen LogP contribution in [-0.4, -0.2) is 21.0 Å². The van der Waals surface area contributed by atoms with Crippen LogP contribution in [0.5, 0.6) is 5.75 Å². The highest BCUT2D eigenvalue weighted by molar-refractivity contribution is 9.11. The highest BCUT2D eigenvalue weighted by Crippen LogP contribution is 2.28. The Bertz CT molecular complexity index is 620. The first-order chi connectivity index (χ1) is 9.08. The molecule has 0 aliphatic heterocycles. The average Bonchev–Trinajstić information content (AvgIpc) is 2.38. The fraction of sp³-hybridized carbons (Fsp3) is 0.0833. The quantitative estimate of drug-likeness (QED) is 0.871. The summed E-state index contributed by atoms with van der Waals surface area (Å²) in [7, 11) is 0. The van der Waals surface area contributed by atoms with Crippen LogP contribution in [0.15, 0.2) is 39.7 Å². The Morgan fingerprint density at radius 1 is 1.37 bits per heavy atom. The largest absolute Gasteiger partial charge is 0.486 e. The van der Waals surface area contributed by atoms with E-state index >= 15 is 0 Å². The van der Waals surface area contributed by atoms with Crippen LogP contribution in [0, 0.1) is 0 Å². The molecule has 98 valence electrons. The minimum atomic E-state index is -1.07. The van der Waals surface area contributed by atoms with Crippen LogP contribution in [0.4, 0.5) is 0 Å². The molecule has 0 aliphatic rings. The molecule has 0 atom stereocenters. The lowest BCUT2D eigenvalue weighted by molar-refractivity contribution is 0.0692. The van der Waals surface area contributed by atoms with Crippen molar-refractivity contribution in [2.45, 2.75) is 6.61 Å². The van der Waals surface area contributed by atoms with Gasteiger partial charge in [-0.2, -0.15) is 0 Å². The van der Waals surface area contributed by atoms with E-state index < -0.39 is 5.97 Å². The summed E-state index contributed by atoms with van der Waals surface area (Å²) >= 11 is 6.70. The van der Waals surface area contributed by atoms with Gasteiger partial charge in [0.1, 0.15) is 24.2 Å². The number of hydrogen-bond donors (Lipinski definition) is 1. The molecule has 0 saturated heterocycles. The van der Waals surface area contributed by atoms with Crippen molar-refractivity contribution in [2.24, 2.45) is 0 Å². The fourth-order valence-electron chi connectivity index (χ4n) is 1.39. The number of halogens is 2. The number of ether oxygens (including phenoxy) is 1. The number of benzene rings is 1. The maximum Gasteiger partial charge on any atom is 0.339 e. The molecule has 2 rings (SSSR count). The number of aromatic carboxylic acids is 1. The predicted molar refractivity (Wildman–Crippen MR) is 75.2 cm³/mol. The van der Waals surface area contributed by atoms with Crippen molar-refractivity contribution in [3.05, 3.63) is 50.9 Å². The third-order valence-corrected chi connectivity index (χ3v) is 3.40. The van der Waals surface area contributed by atoms with Crippen LogP contribution in [0.2, 0.25) is 0 Å². The van der Waals surface area contributed by atoms with Gasteiger partial charge in [0.2, 0.25) is 0 Å². The van der Waals surface area contributed by atoms with Crippen LogP contribution in [-0.2, 0) is 6.61 Å². The third-order valence-electron chi connectivity index (χ3n) is 2.28. The monoisotopic (exact) mass is 386 g/mol. The summed E-state index contributed by atoms with van der Waals surface area (Å²) in [5, 5.41) is 9.00. The maximum absolute atomic E-state index is 11.0. The van der Waals surface area contributed by atoms with Gasteiger partial charge in [-0.25, -0.2) is 14.8 Å². The molecule has 0 unspecified atom stereocenters. The summed E-state index contributed by atoms with van der Waals surface area (Å²) in [6.45, 7) is 0.0599. The number of aromatic nitrogens is 2. The Labute approximate surface area is 125 Å². The second-order valence-corrected chi connectivity index (χ2v) is 5.32.